The highest BCUT2D eigenvalue weighted by atomic mass is 16.3. The number of aliphatic hydroxyl groups is 1. The molecule has 3 nitrogen and oxygen atoms in total. The smallest absolute Gasteiger partial charge is 0.128 e. The molecule has 1 aliphatic heterocycles. The lowest BCUT2D eigenvalue weighted by Crippen LogP contribution is -2.42. The summed E-state index contributed by atoms with van der Waals surface area (Å²) in [5, 5.41) is 9.87. The Labute approximate surface area is 97.1 Å². The second-order valence-electron chi connectivity index (χ2n) is 4.86. The molecule has 0 atom stereocenters. The third kappa shape index (κ3) is 2.53. The SMILES string of the molecule is CCc1ccc(N2CCC(C)(O)CC2)nc1. The molecule has 1 aromatic rings. The van der Waals surface area contributed by atoms with Crippen molar-refractivity contribution in [3.05, 3.63) is 23.9 Å². The van der Waals surface area contributed by atoms with E-state index in [1.54, 1.807) is 0 Å². The van der Waals surface area contributed by atoms with Gasteiger partial charge in [-0.25, -0.2) is 4.98 Å². The average Bonchev–Trinajstić information content (AvgIpc) is 2.29. The van der Waals surface area contributed by atoms with Crippen LogP contribution in [0.25, 0.3) is 0 Å². The van der Waals surface area contributed by atoms with Crippen molar-refractivity contribution in [1.29, 1.82) is 0 Å². The minimum Gasteiger partial charge on any atom is -0.390 e. The van der Waals surface area contributed by atoms with E-state index in [2.05, 4.69) is 28.9 Å². The molecule has 1 aliphatic rings. The lowest BCUT2D eigenvalue weighted by Gasteiger charge is -2.36. The van der Waals surface area contributed by atoms with Crippen LogP contribution in [-0.2, 0) is 6.42 Å². The highest BCUT2D eigenvalue weighted by Gasteiger charge is 2.27. The third-order valence-electron chi connectivity index (χ3n) is 3.38. The molecular formula is C13H20N2O. The molecule has 88 valence electrons. The van der Waals surface area contributed by atoms with Crippen molar-refractivity contribution in [2.24, 2.45) is 0 Å². The van der Waals surface area contributed by atoms with Gasteiger partial charge in [-0.05, 0) is 37.8 Å². The summed E-state index contributed by atoms with van der Waals surface area (Å²) in [4.78, 5) is 6.71. The zero-order valence-electron chi connectivity index (χ0n) is 10.1. The Balaban J connectivity index is 2.03. The second-order valence-corrected chi connectivity index (χ2v) is 4.86. The molecule has 1 saturated heterocycles. The van der Waals surface area contributed by atoms with Crippen molar-refractivity contribution >= 4 is 5.82 Å². The van der Waals surface area contributed by atoms with Gasteiger partial charge in [0.25, 0.3) is 0 Å². The van der Waals surface area contributed by atoms with Gasteiger partial charge in [-0.3, -0.25) is 0 Å². The van der Waals surface area contributed by atoms with Crippen LogP contribution >= 0.6 is 0 Å². The average molecular weight is 220 g/mol. The quantitative estimate of drug-likeness (QED) is 0.828. The molecule has 3 heteroatoms. The maximum absolute atomic E-state index is 9.87. The zero-order chi connectivity index (χ0) is 11.6. The molecule has 2 heterocycles. The molecule has 1 N–H and O–H groups in total. The van der Waals surface area contributed by atoms with Crippen molar-refractivity contribution < 1.29 is 5.11 Å². The van der Waals surface area contributed by atoms with Crippen LogP contribution in [0.4, 0.5) is 5.82 Å². The standard InChI is InChI=1S/C13H20N2O/c1-3-11-4-5-12(14-10-11)15-8-6-13(2,16)7-9-15/h4-5,10,16H,3,6-9H2,1-2H3. The molecule has 0 radical (unpaired) electrons. The fourth-order valence-electron chi connectivity index (χ4n) is 2.03. The first-order chi connectivity index (χ1) is 7.61. The van der Waals surface area contributed by atoms with E-state index >= 15 is 0 Å². The number of rotatable bonds is 2. The van der Waals surface area contributed by atoms with Crippen molar-refractivity contribution in [1.82, 2.24) is 4.98 Å². The Morgan fingerprint density at radius 2 is 2.06 bits per heavy atom. The normalized spacial score (nSPS) is 19.8. The Morgan fingerprint density at radius 3 is 2.56 bits per heavy atom. The summed E-state index contributed by atoms with van der Waals surface area (Å²) in [5.74, 6) is 1.03. The van der Waals surface area contributed by atoms with Gasteiger partial charge in [0.15, 0.2) is 0 Å². The number of aryl methyl sites for hydroxylation is 1. The van der Waals surface area contributed by atoms with Crippen molar-refractivity contribution in [3.63, 3.8) is 0 Å². The van der Waals surface area contributed by atoms with E-state index in [1.807, 2.05) is 13.1 Å². The number of piperidine rings is 1. The van der Waals surface area contributed by atoms with E-state index in [9.17, 15) is 5.11 Å². The second kappa shape index (κ2) is 4.42. The maximum atomic E-state index is 9.87. The first-order valence-electron chi connectivity index (χ1n) is 6.03. The van der Waals surface area contributed by atoms with Gasteiger partial charge in [0.05, 0.1) is 5.60 Å². The molecule has 0 aliphatic carbocycles. The molecule has 0 unspecified atom stereocenters. The van der Waals surface area contributed by atoms with Crippen LogP contribution in [0.15, 0.2) is 18.3 Å². The Bertz CT molecular complexity index is 335. The van der Waals surface area contributed by atoms with Crippen LogP contribution in [0.3, 0.4) is 0 Å². The molecule has 16 heavy (non-hydrogen) atoms. The van der Waals surface area contributed by atoms with Crippen LogP contribution in [0.5, 0.6) is 0 Å². The molecular weight excluding hydrogens is 200 g/mol. The van der Waals surface area contributed by atoms with Crippen LogP contribution < -0.4 is 4.90 Å². The van der Waals surface area contributed by atoms with E-state index in [4.69, 9.17) is 0 Å². The topological polar surface area (TPSA) is 36.4 Å². The van der Waals surface area contributed by atoms with Gasteiger partial charge in [-0.15, -0.1) is 0 Å². The molecule has 2 rings (SSSR count). The van der Waals surface area contributed by atoms with Crippen LogP contribution in [-0.4, -0.2) is 28.8 Å². The number of hydrogen-bond donors (Lipinski definition) is 1. The number of pyridine rings is 1. The summed E-state index contributed by atoms with van der Waals surface area (Å²) in [6.07, 6.45) is 4.62. The van der Waals surface area contributed by atoms with E-state index in [1.165, 1.54) is 5.56 Å². The van der Waals surface area contributed by atoms with Crippen molar-refractivity contribution in [2.45, 2.75) is 38.7 Å². The molecule has 0 saturated carbocycles. The highest BCUT2D eigenvalue weighted by Crippen LogP contribution is 2.24. The number of nitrogens with zero attached hydrogens (tertiary/aromatic N) is 2. The van der Waals surface area contributed by atoms with Gasteiger partial charge in [-0.1, -0.05) is 13.0 Å². The maximum Gasteiger partial charge on any atom is 0.128 e. The van der Waals surface area contributed by atoms with E-state index < -0.39 is 5.60 Å². The van der Waals surface area contributed by atoms with Gasteiger partial charge in [0, 0.05) is 19.3 Å². The number of anilines is 1. The van der Waals surface area contributed by atoms with Crippen LogP contribution in [0.2, 0.25) is 0 Å². The summed E-state index contributed by atoms with van der Waals surface area (Å²) < 4.78 is 0. The molecule has 0 bridgehead atoms. The van der Waals surface area contributed by atoms with Gasteiger partial charge < -0.3 is 10.0 Å². The predicted octanol–water partition coefficient (Wildman–Crippen LogP) is 2.00. The van der Waals surface area contributed by atoms with Gasteiger partial charge in [0.1, 0.15) is 5.82 Å². The van der Waals surface area contributed by atoms with Crippen molar-refractivity contribution in [3.8, 4) is 0 Å². The molecule has 0 amide bonds. The minimum atomic E-state index is -0.486. The van der Waals surface area contributed by atoms with Gasteiger partial charge in [-0.2, -0.15) is 0 Å². The fraction of sp³-hybridized carbons (Fsp3) is 0.615. The van der Waals surface area contributed by atoms with Gasteiger partial charge >= 0.3 is 0 Å². The third-order valence-corrected chi connectivity index (χ3v) is 3.38. The summed E-state index contributed by atoms with van der Waals surface area (Å²) in [7, 11) is 0. The minimum absolute atomic E-state index is 0.486. The summed E-state index contributed by atoms with van der Waals surface area (Å²) >= 11 is 0. The monoisotopic (exact) mass is 220 g/mol. The summed E-state index contributed by atoms with van der Waals surface area (Å²) in [6.45, 7) is 5.84. The Kier molecular flexibility index (Phi) is 3.15. The molecule has 1 fully saturated rings. The molecule has 0 aromatic carbocycles. The predicted molar refractivity (Wildman–Crippen MR) is 65.7 cm³/mol. The van der Waals surface area contributed by atoms with Crippen LogP contribution in [0, 0.1) is 0 Å². The first kappa shape index (κ1) is 11.4. The van der Waals surface area contributed by atoms with Gasteiger partial charge in [0.2, 0.25) is 0 Å². The van der Waals surface area contributed by atoms with Crippen LogP contribution in [0.1, 0.15) is 32.3 Å². The number of hydrogen-bond acceptors (Lipinski definition) is 3. The van der Waals surface area contributed by atoms with E-state index in [0.717, 1.165) is 38.2 Å². The summed E-state index contributed by atoms with van der Waals surface area (Å²) in [5.41, 5.74) is 0.785. The van der Waals surface area contributed by atoms with E-state index in [0.29, 0.717) is 0 Å². The Morgan fingerprint density at radius 1 is 1.38 bits per heavy atom. The zero-order valence-corrected chi connectivity index (χ0v) is 10.1. The molecule has 1 aromatic heterocycles. The number of aromatic nitrogens is 1. The largest absolute Gasteiger partial charge is 0.390 e. The lowest BCUT2D eigenvalue weighted by molar-refractivity contribution is 0.0350. The van der Waals surface area contributed by atoms with Crippen molar-refractivity contribution in [2.75, 3.05) is 18.0 Å². The Hall–Kier alpha value is -1.09. The first-order valence-corrected chi connectivity index (χ1v) is 6.03. The van der Waals surface area contributed by atoms with E-state index in [-0.39, 0.29) is 0 Å². The summed E-state index contributed by atoms with van der Waals surface area (Å²) in [6, 6.07) is 4.22. The molecule has 0 spiro atoms. The fourth-order valence-corrected chi connectivity index (χ4v) is 2.03. The lowest BCUT2D eigenvalue weighted by atomic mass is 9.94. The highest BCUT2D eigenvalue weighted by molar-refractivity contribution is 5.40.